The average Bonchev–Trinajstić information content (AvgIpc) is 2.51. The minimum Gasteiger partial charge on any atom is -0.489 e. The fourth-order valence-corrected chi connectivity index (χ4v) is 2.82. The lowest BCUT2D eigenvalue weighted by Crippen LogP contribution is -2.29. The number of nitrogens with one attached hydrogen (secondary N) is 1. The van der Waals surface area contributed by atoms with Gasteiger partial charge in [0.2, 0.25) is 0 Å². The summed E-state index contributed by atoms with van der Waals surface area (Å²) in [4.78, 5) is 2.53. The molecule has 1 aromatic carbocycles. The molecular weight excluding hydrogens is 248 g/mol. The summed E-state index contributed by atoms with van der Waals surface area (Å²) in [6, 6.07) is 6.43. The Hall–Kier alpha value is -1.22. The van der Waals surface area contributed by atoms with Gasteiger partial charge in [0.25, 0.3) is 0 Å². The summed E-state index contributed by atoms with van der Waals surface area (Å²) in [7, 11) is 0. The van der Waals surface area contributed by atoms with E-state index < -0.39 is 0 Å². The van der Waals surface area contributed by atoms with Crippen LogP contribution in [0.5, 0.6) is 5.75 Å². The molecule has 3 nitrogen and oxygen atoms in total. The van der Waals surface area contributed by atoms with Gasteiger partial charge in [-0.15, -0.1) is 0 Å². The molecule has 1 aliphatic rings. The van der Waals surface area contributed by atoms with E-state index in [4.69, 9.17) is 4.74 Å². The predicted molar refractivity (Wildman–Crippen MR) is 85.4 cm³/mol. The van der Waals surface area contributed by atoms with E-state index in [9.17, 15) is 0 Å². The van der Waals surface area contributed by atoms with Gasteiger partial charge in [0.15, 0.2) is 0 Å². The first-order valence-corrected chi connectivity index (χ1v) is 7.99. The molecule has 1 heterocycles. The van der Waals surface area contributed by atoms with Crippen LogP contribution >= 0.6 is 0 Å². The van der Waals surface area contributed by atoms with Crippen LogP contribution in [0.3, 0.4) is 0 Å². The Kier molecular flexibility index (Phi) is 5.72. The minimum absolute atomic E-state index is 0.767. The Morgan fingerprint density at radius 3 is 2.75 bits per heavy atom. The van der Waals surface area contributed by atoms with E-state index >= 15 is 0 Å². The molecule has 1 aromatic rings. The largest absolute Gasteiger partial charge is 0.489 e. The lowest BCUT2D eigenvalue weighted by Gasteiger charge is -2.28. The number of benzene rings is 1. The van der Waals surface area contributed by atoms with Crippen LogP contribution < -0.4 is 10.1 Å². The van der Waals surface area contributed by atoms with Crippen molar-refractivity contribution in [3.63, 3.8) is 0 Å². The first-order valence-electron chi connectivity index (χ1n) is 7.99. The Morgan fingerprint density at radius 2 is 2.05 bits per heavy atom. The highest BCUT2D eigenvalue weighted by Gasteiger charge is 2.17. The van der Waals surface area contributed by atoms with Gasteiger partial charge in [-0.1, -0.05) is 45.7 Å². The number of nitrogens with zero attached hydrogens (tertiary/aromatic N) is 1. The van der Waals surface area contributed by atoms with Gasteiger partial charge in [-0.2, -0.15) is 0 Å². The fourth-order valence-electron chi connectivity index (χ4n) is 2.82. The monoisotopic (exact) mass is 276 g/mol. The van der Waals surface area contributed by atoms with Gasteiger partial charge in [0, 0.05) is 25.2 Å². The Balaban J connectivity index is 2.07. The van der Waals surface area contributed by atoms with Crippen LogP contribution in [-0.2, 0) is 6.54 Å². The van der Waals surface area contributed by atoms with Gasteiger partial charge in [0.05, 0.1) is 5.69 Å². The highest BCUT2D eigenvalue weighted by molar-refractivity contribution is 5.61. The van der Waals surface area contributed by atoms with Crippen molar-refractivity contribution in [1.29, 1.82) is 0 Å². The van der Waals surface area contributed by atoms with Gasteiger partial charge in [-0.3, -0.25) is 4.90 Å². The Morgan fingerprint density at radius 1 is 1.25 bits per heavy atom. The molecule has 1 N–H and O–H groups in total. The number of ether oxygens (including phenoxy) is 1. The molecule has 0 spiro atoms. The molecule has 0 aliphatic carbocycles. The second-order valence-corrected chi connectivity index (χ2v) is 5.58. The zero-order valence-electron chi connectivity index (χ0n) is 13.1. The van der Waals surface area contributed by atoms with E-state index in [-0.39, 0.29) is 0 Å². The number of rotatable bonds is 7. The van der Waals surface area contributed by atoms with Crippen LogP contribution in [0.1, 0.15) is 39.2 Å². The molecule has 0 aromatic heterocycles. The molecule has 0 saturated carbocycles. The highest BCUT2D eigenvalue weighted by Crippen LogP contribution is 2.32. The van der Waals surface area contributed by atoms with Crippen molar-refractivity contribution in [2.24, 2.45) is 5.92 Å². The molecule has 1 aliphatic heterocycles. The van der Waals surface area contributed by atoms with E-state index in [1.807, 2.05) is 0 Å². The summed E-state index contributed by atoms with van der Waals surface area (Å²) in [5, 5.41) is 3.41. The zero-order chi connectivity index (χ0) is 14.4. The van der Waals surface area contributed by atoms with Crippen molar-refractivity contribution in [1.82, 2.24) is 4.90 Å². The molecule has 0 atom stereocenters. The van der Waals surface area contributed by atoms with E-state index in [0.29, 0.717) is 0 Å². The molecule has 20 heavy (non-hydrogen) atoms. The number of hydrogen-bond acceptors (Lipinski definition) is 3. The number of anilines is 1. The fraction of sp³-hybridized carbons (Fsp3) is 0.647. The summed E-state index contributed by atoms with van der Waals surface area (Å²) in [6.07, 6.45) is 2.52. The topological polar surface area (TPSA) is 24.5 Å². The molecule has 0 fully saturated rings. The van der Waals surface area contributed by atoms with Crippen molar-refractivity contribution < 1.29 is 4.74 Å². The van der Waals surface area contributed by atoms with E-state index in [0.717, 1.165) is 43.6 Å². The van der Waals surface area contributed by atoms with Gasteiger partial charge >= 0.3 is 0 Å². The summed E-state index contributed by atoms with van der Waals surface area (Å²) in [5.41, 5.74) is 2.45. The molecule has 0 bridgehead atoms. The quantitative estimate of drug-likeness (QED) is 0.821. The predicted octanol–water partition coefficient (Wildman–Crippen LogP) is 3.75. The second kappa shape index (κ2) is 7.53. The van der Waals surface area contributed by atoms with Crippen molar-refractivity contribution in [3.05, 3.63) is 23.8 Å². The lowest BCUT2D eigenvalue weighted by molar-refractivity contribution is 0.221. The van der Waals surface area contributed by atoms with Crippen LogP contribution in [0.15, 0.2) is 18.2 Å². The highest BCUT2D eigenvalue weighted by atomic mass is 16.5. The summed E-state index contributed by atoms with van der Waals surface area (Å²) < 4.78 is 5.87. The van der Waals surface area contributed by atoms with E-state index in [1.54, 1.807) is 0 Å². The Bertz CT molecular complexity index is 415. The van der Waals surface area contributed by atoms with Gasteiger partial charge < -0.3 is 10.1 Å². The molecular formula is C17H28N2O. The van der Waals surface area contributed by atoms with E-state index in [2.05, 4.69) is 49.2 Å². The maximum Gasteiger partial charge on any atom is 0.146 e. The summed E-state index contributed by atoms with van der Waals surface area (Å²) >= 11 is 0. The molecule has 0 saturated heterocycles. The summed E-state index contributed by atoms with van der Waals surface area (Å²) in [5.74, 6) is 1.86. The number of fused-ring (bicyclic) bond motifs is 1. The van der Waals surface area contributed by atoms with Crippen molar-refractivity contribution in [2.75, 3.05) is 31.6 Å². The normalized spacial score (nSPS) is 14.1. The van der Waals surface area contributed by atoms with Crippen LogP contribution in [0.4, 0.5) is 5.69 Å². The summed E-state index contributed by atoms with van der Waals surface area (Å²) in [6.45, 7) is 11.8. The maximum absolute atomic E-state index is 5.87. The first-order chi connectivity index (χ1) is 9.78. The Labute approximate surface area is 123 Å². The van der Waals surface area contributed by atoms with Gasteiger partial charge in [-0.05, 0) is 18.5 Å². The average molecular weight is 276 g/mol. The standard InChI is InChI=1S/C17H28N2O/c1-4-14(5-2)12-19(6-3)13-15-8-7-9-16-17(15)20-11-10-18-16/h7-9,14,18H,4-6,10-13H2,1-3H3. The first kappa shape index (κ1) is 15.2. The molecule has 0 amide bonds. The third-order valence-electron chi connectivity index (χ3n) is 4.27. The van der Waals surface area contributed by atoms with Crippen molar-refractivity contribution in [2.45, 2.75) is 40.2 Å². The number of para-hydroxylation sites is 1. The second-order valence-electron chi connectivity index (χ2n) is 5.58. The van der Waals surface area contributed by atoms with Crippen LogP contribution in [0.2, 0.25) is 0 Å². The third-order valence-corrected chi connectivity index (χ3v) is 4.27. The molecule has 2 rings (SSSR count). The maximum atomic E-state index is 5.87. The smallest absolute Gasteiger partial charge is 0.146 e. The third kappa shape index (κ3) is 3.66. The molecule has 112 valence electrons. The lowest BCUT2D eigenvalue weighted by atomic mass is 10.0. The van der Waals surface area contributed by atoms with Crippen molar-refractivity contribution >= 4 is 5.69 Å². The van der Waals surface area contributed by atoms with Crippen molar-refractivity contribution in [3.8, 4) is 5.75 Å². The van der Waals surface area contributed by atoms with Gasteiger partial charge in [0.1, 0.15) is 12.4 Å². The van der Waals surface area contributed by atoms with Crippen LogP contribution in [-0.4, -0.2) is 31.1 Å². The molecule has 3 heteroatoms. The van der Waals surface area contributed by atoms with Crippen LogP contribution in [0.25, 0.3) is 0 Å². The number of hydrogen-bond donors (Lipinski definition) is 1. The van der Waals surface area contributed by atoms with E-state index in [1.165, 1.54) is 24.9 Å². The molecule has 0 radical (unpaired) electrons. The SMILES string of the molecule is CCC(CC)CN(CC)Cc1cccc2c1OCCN2. The van der Waals surface area contributed by atoms with Gasteiger partial charge in [-0.25, -0.2) is 0 Å². The van der Waals surface area contributed by atoms with Crippen LogP contribution in [0, 0.1) is 5.92 Å². The molecule has 0 unspecified atom stereocenters. The minimum atomic E-state index is 0.767. The zero-order valence-corrected chi connectivity index (χ0v) is 13.1.